The molecule has 0 saturated carbocycles. The van der Waals surface area contributed by atoms with Gasteiger partial charge in [0.25, 0.3) is 5.95 Å². The van der Waals surface area contributed by atoms with E-state index in [4.69, 9.17) is 11.6 Å². The number of hydrogen-bond acceptors (Lipinski definition) is 7. The number of carbonyl (C=O) groups excluding carboxylic acids is 1. The highest BCUT2D eigenvalue weighted by Crippen LogP contribution is 2.36. The average molecular weight is 464 g/mol. The molecule has 2 aromatic heterocycles. The second-order valence-electron chi connectivity index (χ2n) is 7.25. The molecule has 32 heavy (non-hydrogen) atoms. The third-order valence-electron chi connectivity index (χ3n) is 5.04. The third kappa shape index (κ3) is 4.00. The zero-order valence-electron chi connectivity index (χ0n) is 17.0. The Labute approximate surface area is 193 Å². The fourth-order valence-corrected chi connectivity index (χ4v) is 4.40. The Hall–Kier alpha value is -3.56. The average Bonchev–Trinajstić information content (AvgIpc) is 3.44. The van der Waals surface area contributed by atoms with E-state index < -0.39 is 0 Å². The molecule has 0 spiro atoms. The molecule has 10 heteroatoms. The number of nitrogens with one attached hydrogen (secondary N) is 1. The SMILES string of the molecule is Cc1cnc(NC(=O)CN2C(c3ccccc3)=C[C@H](c3ccc(Cl)cc3)n3nnnc32)s1. The van der Waals surface area contributed by atoms with Crippen molar-refractivity contribution in [3.05, 3.63) is 87.9 Å². The number of nitrogens with zero attached hydrogens (tertiary/aromatic N) is 6. The molecule has 1 amide bonds. The molecule has 0 unspecified atom stereocenters. The lowest BCUT2D eigenvalue weighted by atomic mass is 10.0. The lowest BCUT2D eigenvalue weighted by molar-refractivity contribution is -0.114. The molecule has 1 aliphatic heterocycles. The van der Waals surface area contributed by atoms with Crippen molar-refractivity contribution in [2.75, 3.05) is 16.8 Å². The van der Waals surface area contributed by atoms with E-state index >= 15 is 0 Å². The number of rotatable bonds is 5. The molecule has 160 valence electrons. The van der Waals surface area contributed by atoms with Crippen LogP contribution in [-0.4, -0.2) is 37.6 Å². The number of aromatic nitrogens is 5. The second-order valence-corrected chi connectivity index (χ2v) is 8.92. The van der Waals surface area contributed by atoms with E-state index in [-0.39, 0.29) is 18.5 Å². The summed E-state index contributed by atoms with van der Waals surface area (Å²) in [4.78, 5) is 19.9. The van der Waals surface area contributed by atoms with Crippen LogP contribution < -0.4 is 10.2 Å². The van der Waals surface area contributed by atoms with Gasteiger partial charge in [-0.25, -0.2) is 4.98 Å². The Balaban J connectivity index is 1.53. The number of benzene rings is 2. The van der Waals surface area contributed by atoms with Crippen LogP contribution in [0.5, 0.6) is 0 Å². The zero-order chi connectivity index (χ0) is 22.1. The number of allylic oxidation sites excluding steroid dienone is 1. The van der Waals surface area contributed by atoms with Crippen LogP contribution in [-0.2, 0) is 4.79 Å². The summed E-state index contributed by atoms with van der Waals surface area (Å²) in [7, 11) is 0. The predicted molar refractivity (Wildman–Crippen MR) is 125 cm³/mol. The van der Waals surface area contributed by atoms with Crippen molar-refractivity contribution in [1.29, 1.82) is 0 Å². The highest BCUT2D eigenvalue weighted by Gasteiger charge is 2.32. The van der Waals surface area contributed by atoms with Gasteiger partial charge in [-0.1, -0.05) is 59.2 Å². The lowest BCUT2D eigenvalue weighted by Crippen LogP contribution is -2.37. The minimum Gasteiger partial charge on any atom is -0.300 e. The Morgan fingerprint density at radius 3 is 2.66 bits per heavy atom. The van der Waals surface area contributed by atoms with E-state index in [0.717, 1.165) is 21.7 Å². The van der Waals surface area contributed by atoms with Gasteiger partial charge in [-0.2, -0.15) is 4.68 Å². The van der Waals surface area contributed by atoms with Crippen molar-refractivity contribution in [3.63, 3.8) is 0 Å². The minimum absolute atomic E-state index is 0.0348. The summed E-state index contributed by atoms with van der Waals surface area (Å²) < 4.78 is 1.70. The number of anilines is 2. The fourth-order valence-electron chi connectivity index (χ4n) is 3.59. The molecule has 0 fully saturated rings. The van der Waals surface area contributed by atoms with Crippen molar-refractivity contribution < 1.29 is 4.79 Å². The molecular formula is C22H18ClN7OS. The fraction of sp³-hybridized carbons (Fsp3) is 0.136. The summed E-state index contributed by atoms with van der Waals surface area (Å²) in [6.45, 7) is 1.98. The van der Waals surface area contributed by atoms with Crippen LogP contribution in [0.4, 0.5) is 11.1 Å². The first-order chi connectivity index (χ1) is 15.6. The molecule has 5 rings (SSSR count). The van der Waals surface area contributed by atoms with Crippen LogP contribution in [0.1, 0.15) is 22.0 Å². The van der Waals surface area contributed by atoms with E-state index in [1.807, 2.05) is 66.4 Å². The first-order valence-corrected chi connectivity index (χ1v) is 11.1. The second kappa shape index (κ2) is 8.52. The van der Waals surface area contributed by atoms with E-state index in [9.17, 15) is 4.79 Å². The van der Waals surface area contributed by atoms with E-state index in [2.05, 4.69) is 31.9 Å². The maximum atomic E-state index is 12.9. The van der Waals surface area contributed by atoms with Gasteiger partial charge in [0.1, 0.15) is 12.6 Å². The van der Waals surface area contributed by atoms with Crippen molar-refractivity contribution in [3.8, 4) is 0 Å². The molecule has 3 heterocycles. The van der Waals surface area contributed by atoms with Crippen LogP contribution in [0.2, 0.25) is 5.02 Å². The monoisotopic (exact) mass is 463 g/mol. The first kappa shape index (κ1) is 20.3. The van der Waals surface area contributed by atoms with Gasteiger partial charge in [0.05, 0.1) is 5.70 Å². The highest BCUT2D eigenvalue weighted by molar-refractivity contribution is 7.15. The number of aryl methyl sites for hydroxylation is 1. The van der Waals surface area contributed by atoms with Crippen molar-refractivity contribution >= 4 is 45.6 Å². The van der Waals surface area contributed by atoms with Gasteiger partial charge in [0.15, 0.2) is 5.13 Å². The normalized spacial score (nSPS) is 15.2. The van der Waals surface area contributed by atoms with Crippen molar-refractivity contribution in [2.45, 2.75) is 13.0 Å². The molecule has 0 aliphatic carbocycles. The summed E-state index contributed by atoms with van der Waals surface area (Å²) in [6.07, 6.45) is 3.79. The molecular weight excluding hydrogens is 446 g/mol. The van der Waals surface area contributed by atoms with Gasteiger partial charge in [0.2, 0.25) is 5.91 Å². The van der Waals surface area contributed by atoms with Crippen LogP contribution in [0.3, 0.4) is 0 Å². The zero-order valence-corrected chi connectivity index (χ0v) is 18.6. The molecule has 8 nitrogen and oxygen atoms in total. The Morgan fingerprint density at radius 2 is 1.94 bits per heavy atom. The molecule has 0 radical (unpaired) electrons. The molecule has 2 aromatic carbocycles. The van der Waals surface area contributed by atoms with Crippen LogP contribution >= 0.6 is 22.9 Å². The van der Waals surface area contributed by atoms with Crippen molar-refractivity contribution in [1.82, 2.24) is 25.2 Å². The summed E-state index contributed by atoms with van der Waals surface area (Å²) in [6, 6.07) is 17.2. The van der Waals surface area contributed by atoms with Crippen LogP contribution in [0, 0.1) is 6.92 Å². The first-order valence-electron chi connectivity index (χ1n) is 9.89. The number of tetrazole rings is 1. The van der Waals surface area contributed by atoms with E-state index in [1.165, 1.54) is 11.3 Å². The summed E-state index contributed by atoms with van der Waals surface area (Å²) in [5.74, 6) is 0.275. The minimum atomic E-state index is -0.242. The number of hydrogen-bond donors (Lipinski definition) is 1. The number of carbonyl (C=O) groups is 1. The molecule has 4 aromatic rings. The largest absolute Gasteiger partial charge is 0.300 e. The molecule has 1 N–H and O–H groups in total. The third-order valence-corrected chi connectivity index (χ3v) is 6.12. The van der Waals surface area contributed by atoms with Gasteiger partial charge in [0, 0.05) is 16.1 Å². The number of fused-ring (bicyclic) bond motifs is 1. The van der Waals surface area contributed by atoms with Gasteiger partial charge in [-0.3, -0.25) is 9.69 Å². The van der Waals surface area contributed by atoms with Crippen LogP contribution in [0.15, 0.2) is 66.9 Å². The van der Waals surface area contributed by atoms with Gasteiger partial charge in [-0.05, 0) is 46.7 Å². The lowest BCUT2D eigenvalue weighted by Gasteiger charge is -2.32. The number of thiazole rings is 1. The maximum absolute atomic E-state index is 12.9. The Morgan fingerprint density at radius 1 is 1.16 bits per heavy atom. The Kier molecular flexibility index (Phi) is 5.42. The summed E-state index contributed by atoms with van der Waals surface area (Å²) in [5.41, 5.74) is 2.79. The van der Waals surface area contributed by atoms with Gasteiger partial charge in [-0.15, -0.1) is 11.3 Å². The summed E-state index contributed by atoms with van der Waals surface area (Å²) in [5, 5.41) is 16.4. The quantitative estimate of drug-likeness (QED) is 0.477. The van der Waals surface area contributed by atoms with Gasteiger partial charge >= 0.3 is 0 Å². The highest BCUT2D eigenvalue weighted by atomic mass is 35.5. The smallest absolute Gasteiger partial charge is 0.251 e. The van der Waals surface area contributed by atoms with E-state index in [1.54, 1.807) is 10.9 Å². The molecule has 1 aliphatic rings. The maximum Gasteiger partial charge on any atom is 0.251 e. The van der Waals surface area contributed by atoms with Crippen LogP contribution in [0.25, 0.3) is 5.70 Å². The van der Waals surface area contributed by atoms with Crippen molar-refractivity contribution in [2.24, 2.45) is 0 Å². The Bertz CT molecular complexity index is 1280. The number of halogens is 1. The molecule has 0 bridgehead atoms. The topological polar surface area (TPSA) is 88.8 Å². The van der Waals surface area contributed by atoms with Gasteiger partial charge < -0.3 is 5.32 Å². The summed E-state index contributed by atoms with van der Waals surface area (Å²) >= 11 is 7.51. The van der Waals surface area contributed by atoms with E-state index in [0.29, 0.717) is 16.1 Å². The molecule has 0 saturated heterocycles. The molecule has 1 atom stereocenters. The number of amides is 1. The standard InChI is InChI=1S/C22H18ClN7OS/c1-14-12-24-21(32-14)25-20(31)13-29-18(15-5-3-2-4-6-15)11-19(30-22(29)26-27-28-30)16-7-9-17(23)10-8-16/h2-12,19H,13H2,1H3,(H,24,25,31)/t19-/m1/s1. The predicted octanol–water partition coefficient (Wildman–Crippen LogP) is 4.18.